The topological polar surface area (TPSA) is 142 Å². The van der Waals surface area contributed by atoms with Crippen molar-refractivity contribution < 1.29 is 53.3 Å². The van der Waals surface area contributed by atoms with Crippen molar-refractivity contribution in [1.82, 2.24) is 0 Å². The first-order chi connectivity index (χ1) is 21.2. The number of phenols is 1. The molecule has 0 amide bonds. The first-order valence-corrected chi connectivity index (χ1v) is 14.2. The highest BCUT2D eigenvalue weighted by Crippen LogP contribution is 2.48. The SMILES string of the molecule is CCCC[C@@H](C)Oc1c(OC)cc(C(c2cccc(OC)c2O)C(CO)Oc2c(OC)cc(C(=O)O)cc2OC)cc1OC. The molecular weight excluding hydrogens is 572 g/mol. The van der Waals surface area contributed by atoms with E-state index in [2.05, 4.69) is 6.92 Å². The highest BCUT2D eigenvalue weighted by molar-refractivity contribution is 5.89. The summed E-state index contributed by atoms with van der Waals surface area (Å²) < 4.78 is 40.4. The van der Waals surface area contributed by atoms with Gasteiger partial charge < -0.3 is 48.5 Å². The Hall–Kier alpha value is -4.51. The van der Waals surface area contributed by atoms with Crippen molar-refractivity contribution in [1.29, 1.82) is 0 Å². The number of carboxylic acid groups (broad SMARTS) is 1. The fourth-order valence-corrected chi connectivity index (χ4v) is 4.98. The number of aliphatic hydroxyl groups excluding tert-OH is 1. The summed E-state index contributed by atoms with van der Waals surface area (Å²) in [5.74, 6) is -0.569. The molecule has 3 N–H and O–H groups in total. The molecule has 0 spiro atoms. The Morgan fingerprint density at radius 3 is 1.80 bits per heavy atom. The fourth-order valence-electron chi connectivity index (χ4n) is 4.98. The molecule has 2 unspecified atom stereocenters. The number of methoxy groups -OCH3 is 5. The van der Waals surface area contributed by atoms with Crippen LogP contribution in [-0.4, -0.2) is 75.7 Å². The normalized spacial score (nSPS) is 12.9. The molecule has 0 saturated carbocycles. The zero-order chi connectivity index (χ0) is 32.4. The summed E-state index contributed by atoms with van der Waals surface area (Å²) in [7, 11) is 7.19. The molecule has 0 bridgehead atoms. The Morgan fingerprint density at radius 1 is 0.795 bits per heavy atom. The summed E-state index contributed by atoms with van der Waals surface area (Å²) in [6.45, 7) is 3.55. The summed E-state index contributed by atoms with van der Waals surface area (Å²) in [6.07, 6.45) is 1.69. The van der Waals surface area contributed by atoms with Crippen LogP contribution < -0.4 is 33.2 Å². The number of benzene rings is 3. The van der Waals surface area contributed by atoms with E-state index in [0.717, 1.165) is 19.3 Å². The van der Waals surface area contributed by atoms with Crippen LogP contribution in [0.3, 0.4) is 0 Å². The Morgan fingerprint density at radius 2 is 1.32 bits per heavy atom. The summed E-state index contributed by atoms with van der Waals surface area (Å²) in [5.41, 5.74) is 0.847. The molecule has 0 aromatic heterocycles. The number of ether oxygens (including phenoxy) is 7. The second kappa shape index (κ2) is 15.8. The quantitative estimate of drug-likeness (QED) is 0.173. The number of para-hydroxylation sites is 1. The Kier molecular flexibility index (Phi) is 12.2. The van der Waals surface area contributed by atoms with Gasteiger partial charge in [-0.15, -0.1) is 0 Å². The molecule has 3 atom stereocenters. The summed E-state index contributed by atoms with van der Waals surface area (Å²) in [6, 6.07) is 11.1. The second-order valence-electron chi connectivity index (χ2n) is 10.1. The van der Waals surface area contributed by atoms with Crippen molar-refractivity contribution >= 4 is 5.97 Å². The number of unbranched alkanes of at least 4 members (excludes halogenated alkanes) is 1. The molecule has 0 aliphatic rings. The Balaban J connectivity index is 2.25. The van der Waals surface area contributed by atoms with E-state index in [1.54, 1.807) is 30.3 Å². The van der Waals surface area contributed by atoms with Crippen LogP contribution in [-0.2, 0) is 0 Å². The number of aromatic hydroxyl groups is 1. The van der Waals surface area contributed by atoms with Gasteiger partial charge in [0.25, 0.3) is 0 Å². The van der Waals surface area contributed by atoms with E-state index >= 15 is 0 Å². The van der Waals surface area contributed by atoms with E-state index in [9.17, 15) is 20.1 Å². The van der Waals surface area contributed by atoms with Crippen molar-refractivity contribution in [3.8, 4) is 46.0 Å². The smallest absolute Gasteiger partial charge is 0.335 e. The highest BCUT2D eigenvalue weighted by atomic mass is 16.6. The maximum absolute atomic E-state index is 11.7. The van der Waals surface area contributed by atoms with Gasteiger partial charge in [-0.1, -0.05) is 31.9 Å². The third kappa shape index (κ3) is 7.52. The number of rotatable bonds is 17. The summed E-state index contributed by atoms with van der Waals surface area (Å²) in [4.78, 5) is 11.7. The van der Waals surface area contributed by atoms with Crippen molar-refractivity contribution in [2.45, 2.75) is 51.2 Å². The van der Waals surface area contributed by atoms with Crippen LogP contribution in [0.1, 0.15) is 60.5 Å². The number of hydrogen-bond acceptors (Lipinski definition) is 10. The molecule has 3 rings (SSSR count). The number of hydrogen-bond donors (Lipinski definition) is 3. The molecule has 0 heterocycles. The van der Waals surface area contributed by atoms with Crippen LogP contribution in [0, 0.1) is 0 Å². The molecule has 3 aromatic carbocycles. The first kappa shape index (κ1) is 34.0. The molecule has 0 saturated heterocycles. The van der Waals surface area contributed by atoms with Gasteiger partial charge in [-0.2, -0.15) is 0 Å². The van der Waals surface area contributed by atoms with Crippen molar-refractivity contribution in [2.75, 3.05) is 42.2 Å². The zero-order valence-corrected chi connectivity index (χ0v) is 26.2. The third-order valence-corrected chi connectivity index (χ3v) is 7.24. The highest BCUT2D eigenvalue weighted by Gasteiger charge is 2.34. The van der Waals surface area contributed by atoms with Crippen LogP contribution in [0.2, 0.25) is 0 Å². The minimum Gasteiger partial charge on any atom is -0.504 e. The summed E-state index contributed by atoms with van der Waals surface area (Å²) in [5, 5.41) is 31.6. The second-order valence-corrected chi connectivity index (χ2v) is 10.1. The molecule has 11 nitrogen and oxygen atoms in total. The van der Waals surface area contributed by atoms with E-state index in [1.165, 1.54) is 47.7 Å². The molecule has 11 heteroatoms. The van der Waals surface area contributed by atoms with Gasteiger partial charge >= 0.3 is 5.97 Å². The van der Waals surface area contributed by atoms with E-state index in [0.29, 0.717) is 28.4 Å². The molecule has 0 aliphatic carbocycles. The van der Waals surface area contributed by atoms with Crippen molar-refractivity contribution in [2.24, 2.45) is 0 Å². The number of carboxylic acids is 1. The lowest BCUT2D eigenvalue weighted by Crippen LogP contribution is -2.30. The Labute approximate surface area is 257 Å². The van der Waals surface area contributed by atoms with Gasteiger partial charge in [0.1, 0.15) is 6.10 Å². The van der Waals surface area contributed by atoms with Crippen LogP contribution in [0.5, 0.6) is 46.0 Å². The number of aromatic carboxylic acids is 1. The van der Waals surface area contributed by atoms with E-state index < -0.39 is 24.6 Å². The lowest BCUT2D eigenvalue weighted by Gasteiger charge is -2.30. The maximum atomic E-state index is 11.7. The van der Waals surface area contributed by atoms with Crippen LogP contribution in [0.4, 0.5) is 0 Å². The number of carbonyl (C=O) groups is 1. The first-order valence-electron chi connectivity index (χ1n) is 14.2. The molecule has 44 heavy (non-hydrogen) atoms. The summed E-state index contributed by atoms with van der Waals surface area (Å²) >= 11 is 0. The van der Waals surface area contributed by atoms with Crippen molar-refractivity contribution in [3.05, 3.63) is 59.2 Å². The third-order valence-electron chi connectivity index (χ3n) is 7.24. The standard InChI is InChI=1S/C33H42O11/c1-8-9-11-19(2)43-31-24(39-4)14-20(15-25(31)40-5)29(22-12-10-13-23(38-3)30(22)35)28(18-34)44-32-26(41-6)16-21(33(36)37)17-27(32)42-7/h10,12-17,19,28-29,34-35H,8-9,11,18H2,1-7H3,(H,36,37)/t19-,28?,29?/m1/s1. The van der Waals surface area contributed by atoms with E-state index in [4.69, 9.17) is 33.2 Å². The van der Waals surface area contributed by atoms with Gasteiger partial charge in [0, 0.05) is 5.56 Å². The minimum atomic E-state index is -1.18. The van der Waals surface area contributed by atoms with Gasteiger partial charge in [0.2, 0.25) is 11.5 Å². The van der Waals surface area contributed by atoms with Gasteiger partial charge in [-0.3, -0.25) is 0 Å². The number of aliphatic hydroxyl groups is 1. The molecule has 240 valence electrons. The average molecular weight is 615 g/mol. The lowest BCUT2D eigenvalue weighted by molar-refractivity contribution is 0.0694. The fraction of sp³-hybridized carbons (Fsp3) is 0.424. The van der Waals surface area contributed by atoms with Crippen LogP contribution in [0.15, 0.2) is 42.5 Å². The van der Waals surface area contributed by atoms with E-state index in [-0.39, 0.29) is 40.4 Å². The van der Waals surface area contributed by atoms with Crippen LogP contribution >= 0.6 is 0 Å². The van der Waals surface area contributed by atoms with Gasteiger partial charge in [0.15, 0.2) is 34.5 Å². The molecule has 0 aliphatic heterocycles. The largest absolute Gasteiger partial charge is 0.504 e. The predicted octanol–water partition coefficient (Wildman–Crippen LogP) is 5.66. The van der Waals surface area contributed by atoms with Gasteiger partial charge in [-0.25, -0.2) is 4.79 Å². The van der Waals surface area contributed by atoms with Crippen molar-refractivity contribution in [3.63, 3.8) is 0 Å². The monoisotopic (exact) mass is 614 g/mol. The zero-order valence-electron chi connectivity index (χ0n) is 26.2. The van der Waals surface area contributed by atoms with Crippen LogP contribution in [0.25, 0.3) is 0 Å². The van der Waals surface area contributed by atoms with E-state index in [1.807, 2.05) is 6.92 Å². The van der Waals surface area contributed by atoms with Gasteiger partial charge in [0.05, 0.1) is 59.7 Å². The predicted molar refractivity (Wildman–Crippen MR) is 164 cm³/mol. The lowest BCUT2D eigenvalue weighted by atomic mass is 9.85. The maximum Gasteiger partial charge on any atom is 0.335 e. The molecule has 3 aromatic rings. The molecule has 0 radical (unpaired) electrons. The van der Waals surface area contributed by atoms with Gasteiger partial charge in [-0.05, 0) is 49.2 Å². The molecular formula is C33H42O11. The number of phenolic OH excluding ortho intramolecular Hbond substituents is 1. The molecule has 0 fully saturated rings. The minimum absolute atomic E-state index is 0.0649. The Bertz CT molecular complexity index is 1350. The average Bonchev–Trinajstić information content (AvgIpc) is 3.03.